The molecule has 0 aliphatic carbocycles. The predicted molar refractivity (Wildman–Crippen MR) is 123 cm³/mol. The molecule has 154 valence electrons. The van der Waals surface area contributed by atoms with Gasteiger partial charge in [-0.3, -0.25) is 14.7 Å². The Morgan fingerprint density at radius 2 is 1.55 bits per heavy atom. The van der Waals surface area contributed by atoms with Gasteiger partial charge in [0, 0.05) is 26.7 Å². The number of H-pyrrole nitrogens is 1. The van der Waals surface area contributed by atoms with E-state index >= 15 is 0 Å². The second kappa shape index (κ2) is 8.94. The van der Waals surface area contributed by atoms with Crippen molar-refractivity contribution in [3.63, 3.8) is 0 Å². The molecule has 1 aromatic heterocycles. The fourth-order valence-electron chi connectivity index (χ4n) is 3.02. The minimum absolute atomic E-state index is 0.203. The van der Waals surface area contributed by atoms with Gasteiger partial charge < -0.3 is 5.32 Å². The lowest BCUT2D eigenvalue weighted by Gasteiger charge is -2.10. The van der Waals surface area contributed by atoms with Crippen molar-refractivity contribution in [2.24, 2.45) is 0 Å². The molecule has 8 heteroatoms. The first-order valence-electron chi connectivity index (χ1n) is 9.14. The van der Waals surface area contributed by atoms with E-state index in [0.717, 1.165) is 0 Å². The van der Waals surface area contributed by atoms with E-state index in [1.54, 1.807) is 60.7 Å². The lowest BCUT2D eigenvalue weighted by molar-refractivity contribution is 0.102. The van der Waals surface area contributed by atoms with Crippen molar-refractivity contribution in [3.05, 3.63) is 105 Å². The molecule has 0 bridgehead atoms. The third-order valence-electron chi connectivity index (χ3n) is 4.54. The van der Waals surface area contributed by atoms with E-state index in [2.05, 4.69) is 15.5 Å². The van der Waals surface area contributed by atoms with E-state index in [0.29, 0.717) is 37.6 Å². The van der Waals surface area contributed by atoms with Crippen molar-refractivity contribution in [1.29, 1.82) is 0 Å². The third kappa shape index (κ3) is 4.64. The molecule has 0 unspecified atom stereocenters. The summed E-state index contributed by atoms with van der Waals surface area (Å²) in [4.78, 5) is 25.7. The van der Waals surface area contributed by atoms with Crippen LogP contribution >= 0.6 is 34.8 Å². The highest BCUT2D eigenvalue weighted by atomic mass is 35.5. The predicted octanol–water partition coefficient (Wildman–Crippen LogP) is 6.52. The van der Waals surface area contributed by atoms with Crippen LogP contribution in [-0.2, 0) is 0 Å². The standard InChI is InChI=1S/C23H14Cl3N3O2/c24-14-7-9-19(17(10-14)22(30)13-4-2-1-3-5-13)27-23(31)21-12-20(28-29-21)16-8-6-15(25)11-18(16)26/h1-12H,(H,27,31)(H,28,29). The third-order valence-corrected chi connectivity index (χ3v) is 5.32. The van der Waals surface area contributed by atoms with Crippen molar-refractivity contribution in [3.8, 4) is 11.3 Å². The zero-order valence-electron chi connectivity index (χ0n) is 15.8. The van der Waals surface area contributed by atoms with E-state index in [-0.39, 0.29) is 17.0 Å². The highest BCUT2D eigenvalue weighted by Gasteiger charge is 2.18. The first-order chi connectivity index (χ1) is 14.9. The van der Waals surface area contributed by atoms with Gasteiger partial charge in [0.15, 0.2) is 5.78 Å². The second-order valence-corrected chi connectivity index (χ2v) is 7.91. The summed E-state index contributed by atoms with van der Waals surface area (Å²) in [6, 6.07) is 20.0. The number of aromatic amines is 1. The van der Waals surface area contributed by atoms with Gasteiger partial charge in [-0.05, 0) is 42.5 Å². The summed E-state index contributed by atoms with van der Waals surface area (Å²) in [5.74, 6) is -0.718. The monoisotopic (exact) mass is 469 g/mol. The highest BCUT2D eigenvalue weighted by molar-refractivity contribution is 6.36. The Hall–Kier alpha value is -3.12. The Balaban J connectivity index is 1.61. The number of anilines is 1. The molecule has 31 heavy (non-hydrogen) atoms. The molecule has 4 rings (SSSR count). The molecule has 0 fully saturated rings. The molecule has 0 spiro atoms. The van der Waals surface area contributed by atoms with Crippen LogP contribution in [0, 0.1) is 0 Å². The summed E-state index contributed by atoms with van der Waals surface area (Å²) in [5.41, 5.74) is 2.43. The second-order valence-electron chi connectivity index (χ2n) is 6.63. The Bertz CT molecular complexity index is 1290. The van der Waals surface area contributed by atoms with Crippen molar-refractivity contribution >= 4 is 52.2 Å². The number of carbonyl (C=O) groups is 2. The fourth-order valence-corrected chi connectivity index (χ4v) is 3.70. The van der Waals surface area contributed by atoms with Crippen LogP contribution in [0.3, 0.4) is 0 Å². The number of nitrogens with zero attached hydrogens (tertiary/aromatic N) is 1. The molecule has 0 atom stereocenters. The van der Waals surface area contributed by atoms with Gasteiger partial charge >= 0.3 is 0 Å². The summed E-state index contributed by atoms with van der Waals surface area (Å²) in [7, 11) is 0. The lowest BCUT2D eigenvalue weighted by Crippen LogP contribution is -2.15. The van der Waals surface area contributed by atoms with Crippen molar-refractivity contribution in [2.75, 3.05) is 5.32 Å². The topological polar surface area (TPSA) is 74.8 Å². The molecule has 1 heterocycles. The molecule has 0 saturated carbocycles. The molecule has 0 saturated heterocycles. The average molecular weight is 471 g/mol. The summed E-state index contributed by atoms with van der Waals surface area (Å²) in [6.45, 7) is 0. The molecule has 0 aliphatic rings. The van der Waals surface area contributed by atoms with Crippen LogP contribution < -0.4 is 5.32 Å². The van der Waals surface area contributed by atoms with E-state index in [9.17, 15) is 9.59 Å². The molecule has 0 aliphatic heterocycles. The zero-order valence-corrected chi connectivity index (χ0v) is 18.1. The van der Waals surface area contributed by atoms with Gasteiger partial charge in [-0.2, -0.15) is 5.10 Å². The Kier molecular flexibility index (Phi) is 6.09. The molecular formula is C23H14Cl3N3O2. The van der Waals surface area contributed by atoms with Gasteiger partial charge in [0.2, 0.25) is 0 Å². The van der Waals surface area contributed by atoms with Crippen LogP contribution in [-0.4, -0.2) is 21.9 Å². The number of benzene rings is 3. The van der Waals surface area contributed by atoms with Crippen LogP contribution in [0.1, 0.15) is 26.4 Å². The number of halogens is 3. The molecule has 1 amide bonds. The number of amides is 1. The number of hydrogen-bond donors (Lipinski definition) is 2. The number of carbonyl (C=O) groups excluding carboxylic acids is 2. The largest absolute Gasteiger partial charge is 0.320 e. The molecule has 0 radical (unpaired) electrons. The number of rotatable bonds is 5. The maximum Gasteiger partial charge on any atom is 0.273 e. The number of ketones is 1. The summed E-state index contributed by atoms with van der Waals surface area (Å²) in [5, 5.41) is 10.9. The van der Waals surface area contributed by atoms with Crippen molar-refractivity contribution < 1.29 is 9.59 Å². The number of nitrogens with one attached hydrogen (secondary N) is 2. The zero-order chi connectivity index (χ0) is 22.0. The Labute approximate surface area is 193 Å². The first kappa shape index (κ1) is 21.1. The minimum atomic E-state index is -0.465. The van der Waals surface area contributed by atoms with Crippen LogP contribution in [0.5, 0.6) is 0 Å². The fraction of sp³-hybridized carbons (Fsp3) is 0. The quantitative estimate of drug-likeness (QED) is 0.326. The van der Waals surface area contributed by atoms with E-state index in [4.69, 9.17) is 34.8 Å². The van der Waals surface area contributed by atoms with Crippen LogP contribution in [0.2, 0.25) is 15.1 Å². The number of aromatic nitrogens is 2. The van der Waals surface area contributed by atoms with Gasteiger partial charge in [-0.15, -0.1) is 0 Å². The summed E-state index contributed by atoms with van der Waals surface area (Å²) < 4.78 is 0. The maximum absolute atomic E-state index is 12.9. The SMILES string of the molecule is O=C(Nc1ccc(Cl)cc1C(=O)c1ccccc1)c1cc(-c2ccc(Cl)cc2Cl)n[nH]1. The smallest absolute Gasteiger partial charge is 0.273 e. The van der Waals surface area contributed by atoms with Gasteiger partial charge in [-0.1, -0.05) is 65.1 Å². The van der Waals surface area contributed by atoms with E-state index in [1.165, 1.54) is 6.07 Å². The van der Waals surface area contributed by atoms with Gasteiger partial charge in [0.05, 0.1) is 16.4 Å². The lowest BCUT2D eigenvalue weighted by atomic mass is 10.0. The molecule has 2 N–H and O–H groups in total. The van der Waals surface area contributed by atoms with E-state index in [1.807, 2.05) is 6.07 Å². The van der Waals surface area contributed by atoms with E-state index < -0.39 is 5.91 Å². The summed E-state index contributed by atoms with van der Waals surface area (Å²) >= 11 is 18.3. The molecule has 4 aromatic rings. The maximum atomic E-state index is 12.9. The van der Waals surface area contributed by atoms with Gasteiger partial charge in [-0.25, -0.2) is 0 Å². The number of hydrogen-bond acceptors (Lipinski definition) is 3. The van der Waals surface area contributed by atoms with Crippen molar-refractivity contribution in [1.82, 2.24) is 10.2 Å². The molecule has 5 nitrogen and oxygen atoms in total. The van der Waals surface area contributed by atoms with Crippen LogP contribution in [0.15, 0.2) is 72.8 Å². The molecule has 3 aromatic carbocycles. The highest BCUT2D eigenvalue weighted by Crippen LogP contribution is 2.30. The normalized spacial score (nSPS) is 10.7. The van der Waals surface area contributed by atoms with Crippen LogP contribution in [0.25, 0.3) is 11.3 Å². The first-order valence-corrected chi connectivity index (χ1v) is 10.3. The van der Waals surface area contributed by atoms with Crippen LogP contribution in [0.4, 0.5) is 5.69 Å². The van der Waals surface area contributed by atoms with Gasteiger partial charge in [0.1, 0.15) is 5.69 Å². The Morgan fingerprint density at radius 3 is 2.29 bits per heavy atom. The Morgan fingerprint density at radius 1 is 0.839 bits per heavy atom. The minimum Gasteiger partial charge on any atom is -0.320 e. The van der Waals surface area contributed by atoms with Crippen molar-refractivity contribution in [2.45, 2.75) is 0 Å². The average Bonchev–Trinajstić information content (AvgIpc) is 3.25. The van der Waals surface area contributed by atoms with Gasteiger partial charge in [0.25, 0.3) is 5.91 Å². The molecular weight excluding hydrogens is 457 g/mol. The summed E-state index contributed by atoms with van der Waals surface area (Å²) in [6.07, 6.45) is 0.